The highest BCUT2D eigenvalue weighted by Crippen LogP contribution is 2.11. The molecule has 0 amide bonds. The first kappa shape index (κ1) is 18.9. The smallest absolute Gasteiger partial charge is 0.0886 e. The molecule has 0 saturated heterocycles. The molecular formula is C22H22N4. The number of hydrogen-bond acceptors (Lipinski definition) is 4. The standard InChI is InChI=1S/2C10H8N2.C2H6/c2*1-3-7-11-9(5-1)10-6-2-4-8-12-10;1-2/h2*1-8H;1-2H3. The van der Waals surface area contributed by atoms with Crippen LogP contribution in [0.1, 0.15) is 13.8 Å². The van der Waals surface area contributed by atoms with Gasteiger partial charge in [0.1, 0.15) is 0 Å². The normalized spacial score (nSPS) is 9.15. The van der Waals surface area contributed by atoms with Gasteiger partial charge in [-0.3, -0.25) is 19.9 Å². The Morgan fingerprint density at radius 1 is 0.385 bits per heavy atom. The number of nitrogens with zero attached hydrogens (tertiary/aromatic N) is 4. The van der Waals surface area contributed by atoms with Crippen molar-refractivity contribution in [3.05, 3.63) is 97.6 Å². The fourth-order valence-corrected chi connectivity index (χ4v) is 2.06. The van der Waals surface area contributed by atoms with Gasteiger partial charge in [0, 0.05) is 24.8 Å². The van der Waals surface area contributed by atoms with Crippen LogP contribution in [0.25, 0.3) is 22.8 Å². The lowest BCUT2D eigenvalue weighted by Gasteiger charge is -1.96. The molecule has 0 aliphatic rings. The van der Waals surface area contributed by atoms with Gasteiger partial charge in [0.2, 0.25) is 0 Å². The average molecular weight is 342 g/mol. The van der Waals surface area contributed by atoms with Crippen molar-refractivity contribution in [3.63, 3.8) is 0 Å². The molecule has 4 heterocycles. The molecule has 4 aromatic heterocycles. The molecule has 26 heavy (non-hydrogen) atoms. The maximum atomic E-state index is 4.19. The van der Waals surface area contributed by atoms with Crippen molar-refractivity contribution in [2.75, 3.05) is 0 Å². The Morgan fingerprint density at radius 3 is 0.769 bits per heavy atom. The quantitative estimate of drug-likeness (QED) is 0.495. The maximum Gasteiger partial charge on any atom is 0.0886 e. The van der Waals surface area contributed by atoms with Gasteiger partial charge in [0.25, 0.3) is 0 Å². The van der Waals surface area contributed by atoms with E-state index < -0.39 is 0 Å². The first-order chi connectivity index (χ1) is 12.9. The van der Waals surface area contributed by atoms with Gasteiger partial charge in [-0.05, 0) is 48.5 Å². The summed E-state index contributed by atoms with van der Waals surface area (Å²) < 4.78 is 0. The highest BCUT2D eigenvalue weighted by molar-refractivity contribution is 5.53. The van der Waals surface area contributed by atoms with Gasteiger partial charge in [-0.25, -0.2) is 0 Å². The third-order valence-electron chi connectivity index (χ3n) is 3.18. The van der Waals surface area contributed by atoms with Gasteiger partial charge >= 0.3 is 0 Å². The molecule has 0 aromatic carbocycles. The minimum absolute atomic E-state index is 0.915. The molecule has 4 heteroatoms. The molecule has 0 aliphatic carbocycles. The van der Waals surface area contributed by atoms with Gasteiger partial charge in [-0.2, -0.15) is 0 Å². The van der Waals surface area contributed by atoms with Gasteiger partial charge in [0.05, 0.1) is 22.8 Å². The Hall–Kier alpha value is -3.40. The summed E-state index contributed by atoms with van der Waals surface area (Å²) in [4.78, 5) is 16.7. The van der Waals surface area contributed by atoms with E-state index in [1.54, 1.807) is 24.8 Å². The Balaban J connectivity index is 0.000000171. The highest BCUT2D eigenvalue weighted by Gasteiger charge is 1.96. The second-order valence-corrected chi connectivity index (χ2v) is 4.86. The van der Waals surface area contributed by atoms with Crippen LogP contribution in [0.15, 0.2) is 97.6 Å². The fraction of sp³-hybridized carbons (Fsp3) is 0.0909. The van der Waals surface area contributed by atoms with Gasteiger partial charge < -0.3 is 0 Å². The third kappa shape index (κ3) is 5.91. The summed E-state index contributed by atoms with van der Waals surface area (Å²) in [7, 11) is 0. The maximum absolute atomic E-state index is 4.19. The minimum Gasteiger partial charge on any atom is -0.255 e. The topological polar surface area (TPSA) is 51.6 Å². The molecule has 4 aromatic rings. The molecule has 0 unspecified atom stereocenters. The van der Waals surface area contributed by atoms with Crippen molar-refractivity contribution in [2.24, 2.45) is 0 Å². The molecule has 0 fully saturated rings. The molecule has 130 valence electrons. The van der Waals surface area contributed by atoms with Crippen molar-refractivity contribution in [1.82, 2.24) is 19.9 Å². The Bertz CT molecular complexity index is 686. The van der Waals surface area contributed by atoms with Crippen LogP contribution in [0.2, 0.25) is 0 Å². The number of pyridine rings is 4. The molecule has 4 nitrogen and oxygen atoms in total. The van der Waals surface area contributed by atoms with E-state index in [9.17, 15) is 0 Å². The van der Waals surface area contributed by atoms with Crippen LogP contribution in [-0.2, 0) is 0 Å². The summed E-state index contributed by atoms with van der Waals surface area (Å²) in [5.41, 5.74) is 3.66. The molecule has 0 N–H and O–H groups in total. The number of rotatable bonds is 2. The SMILES string of the molecule is CC.c1ccc(-c2ccccn2)nc1.c1ccc(-c2ccccn2)nc1. The number of hydrogen-bond donors (Lipinski definition) is 0. The van der Waals surface area contributed by atoms with Gasteiger partial charge in [-0.15, -0.1) is 0 Å². The van der Waals surface area contributed by atoms with Crippen molar-refractivity contribution >= 4 is 0 Å². The largest absolute Gasteiger partial charge is 0.255 e. The molecule has 0 saturated carbocycles. The molecular weight excluding hydrogens is 320 g/mol. The molecule has 0 atom stereocenters. The molecule has 0 bridgehead atoms. The van der Waals surface area contributed by atoms with E-state index in [2.05, 4.69) is 19.9 Å². The summed E-state index contributed by atoms with van der Waals surface area (Å²) in [6.45, 7) is 4.00. The van der Waals surface area contributed by atoms with E-state index in [1.165, 1.54) is 0 Å². The van der Waals surface area contributed by atoms with Gasteiger partial charge in [0.15, 0.2) is 0 Å². The molecule has 0 aliphatic heterocycles. The van der Waals surface area contributed by atoms with Crippen molar-refractivity contribution in [3.8, 4) is 22.8 Å². The summed E-state index contributed by atoms with van der Waals surface area (Å²) in [6, 6.07) is 23.2. The Morgan fingerprint density at radius 2 is 0.615 bits per heavy atom. The third-order valence-corrected chi connectivity index (χ3v) is 3.18. The zero-order valence-corrected chi connectivity index (χ0v) is 15.0. The predicted octanol–water partition coefficient (Wildman–Crippen LogP) is 5.31. The molecule has 4 rings (SSSR count). The zero-order chi connectivity index (χ0) is 18.5. The van der Waals surface area contributed by atoms with Crippen molar-refractivity contribution in [2.45, 2.75) is 13.8 Å². The fourth-order valence-electron chi connectivity index (χ4n) is 2.06. The lowest BCUT2D eigenvalue weighted by atomic mass is 10.2. The van der Waals surface area contributed by atoms with Crippen LogP contribution >= 0.6 is 0 Å². The van der Waals surface area contributed by atoms with E-state index >= 15 is 0 Å². The Kier molecular flexibility index (Phi) is 8.16. The summed E-state index contributed by atoms with van der Waals surface area (Å²) in [6.07, 6.45) is 7.07. The average Bonchev–Trinajstić information content (AvgIpc) is 2.78. The summed E-state index contributed by atoms with van der Waals surface area (Å²) >= 11 is 0. The van der Waals surface area contributed by atoms with E-state index in [4.69, 9.17) is 0 Å². The first-order valence-corrected chi connectivity index (χ1v) is 8.58. The second kappa shape index (κ2) is 11.2. The molecule has 0 radical (unpaired) electrons. The van der Waals surface area contributed by atoms with Gasteiger partial charge in [-0.1, -0.05) is 38.1 Å². The summed E-state index contributed by atoms with van der Waals surface area (Å²) in [5, 5.41) is 0. The lowest BCUT2D eigenvalue weighted by Crippen LogP contribution is -1.83. The van der Waals surface area contributed by atoms with Crippen LogP contribution in [0, 0.1) is 0 Å². The van der Waals surface area contributed by atoms with Crippen molar-refractivity contribution < 1.29 is 0 Å². The number of aromatic nitrogens is 4. The monoisotopic (exact) mass is 342 g/mol. The summed E-state index contributed by atoms with van der Waals surface area (Å²) in [5.74, 6) is 0. The van der Waals surface area contributed by atoms with E-state index in [0.717, 1.165) is 22.8 Å². The van der Waals surface area contributed by atoms with Crippen molar-refractivity contribution in [1.29, 1.82) is 0 Å². The first-order valence-electron chi connectivity index (χ1n) is 8.58. The highest BCUT2D eigenvalue weighted by atomic mass is 14.8. The Labute approximate surface area is 154 Å². The molecule has 0 spiro atoms. The predicted molar refractivity (Wildman–Crippen MR) is 106 cm³/mol. The van der Waals surface area contributed by atoms with Crippen LogP contribution in [0.3, 0.4) is 0 Å². The zero-order valence-electron chi connectivity index (χ0n) is 15.0. The second-order valence-electron chi connectivity index (χ2n) is 4.86. The van der Waals surface area contributed by atoms with Crippen LogP contribution in [-0.4, -0.2) is 19.9 Å². The lowest BCUT2D eigenvalue weighted by molar-refractivity contribution is 1.25. The van der Waals surface area contributed by atoms with E-state index in [0.29, 0.717) is 0 Å². The van der Waals surface area contributed by atoms with Crippen LogP contribution < -0.4 is 0 Å². The van der Waals surface area contributed by atoms with Crippen LogP contribution in [0.4, 0.5) is 0 Å². The van der Waals surface area contributed by atoms with Crippen LogP contribution in [0.5, 0.6) is 0 Å². The van der Waals surface area contributed by atoms with E-state index in [-0.39, 0.29) is 0 Å². The minimum atomic E-state index is 0.915. The van der Waals surface area contributed by atoms with E-state index in [1.807, 2.05) is 86.6 Å².